The molecule has 1 N–H and O–H groups in total. The van der Waals surface area contributed by atoms with Crippen molar-refractivity contribution in [1.29, 1.82) is 0 Å². The minimum absolute atomic E-state index is 0.0130. The molecule has 112 valence electrons. The molecule has 2 amide bonds. The van der Waals surface area contributed by atoms with Crippen LogP contribution in [0.2, 0.25) is 0 Å². The van der Waals surface area contributed by atoms with Crippen LogP contribution in [0.4, 0.5) is 4.79 Å². The quantitative estimate of drug-likeness (QED) is 0.895. The Balaban J connectivity index is 1.95. The Morgan fingerprint density at radius 1 is 1.45 bits per heavy atom. The van der Waals surface area contributed by atoms with Crippen molar-refractivity contribution in [3.05, 3.63) is 24.2 Å². The molecule has 1 aliphatic rings. The number of hydrogen-bond donors (Lipinski definition) is 1. The Morgan fingerprint density at radius 2 is 2.20 bits per heavy atom. The molecule has 0 bridgehead atoms. The van der Waals surface area contributed by atoms with Crippen molar-refractivity contribution >= 4 is 15.9 Å². The van der Waals surface area contributed by atoms with Crippen LogP contribution in [-0.4, -0.2) is 42.9 Å². The Morgan fingerprint density at radius 3 is 2.85 bits per heavy atom. The fourth-order valence-corrected chi connectivity index (χ4v) is 3.48. The molecule has 6 nitrogen and oxygen atoms in total. The van der Waals surface area contributed by atoms with E-state index in [2.05, 4.69) is 5.32 Å². The average molecular weight is 300 g/mol. The first-order chi connectivity index (χ1) is 9.32. The number of amides is 2. The maximum absolute atomic E-state index is 12.1. The molecule has 0 radical (unpaired) electrons. The van der Waals surface area contributed by atoms with E-state index >= 15 is 0 Å². The molecule has 1 aromatic heterocycles. The van der Waals surface area contributed by atoms with Gasteiger partial charge in [-0.1, -0.05) is 0 Å². The van der Waals surface area contributed by atoms with Crippen LogP contribution in [0.5, 0.6) is 0 Å². The molecule has 2 rings (SSSR count). The molecule has 0 saturated carbocycles. The van der Waals surface area contributed by atoms with Crippen LogP contribution in [0.3, 0.4) is 0 Å². The number of nitrogens with zero attached hydrogens (tertiary/aromatic N) is 1. The summed E-state index contributed by atoms with van der Waals surface area (Å²) in [5.41, 5.74) is 0.876. The maximum atomic E-state index is 12.1. The first kappa shape index (κ1) is 14.9. The van der Waals surface area contributed by atoms with Crippen LogP contribution >= 0.6 is 0 Å². The third-order valence-electron chi connectivity index (χ3n) is 3.77. The second kappa shape index (κ2) is 5.47. The highest BCUT2D eigenvalue weighted by Gasteiger charge is 2.37. The van der Waals surface area contributed by atoms with E-state index in [1.165, 1.54) is 0 Å². The largest absolute Gasteiger partial charge is 0.472 e. The number of carbonyl (C=O) groups is 1. The van der Waals surface area contributed by atoms with Gasteiger partial charge in [0, 0.05) is 25.2 Å². The standard InChI is InChI=1S/C13H20N2O4S/c1-13(2)4-5-15(6-8-20(13,17)18)12(16)14-9-11-3-7-19-10-11/h3,7,10H,4-6,8-9H2,1-2H3,(H,14,16). The average Bonchev–Trinajstić information content (AvgIpc) is 2.85. The topological polar surface area (TPSA) is 79.6 Å². The summed E-state index contributed by atoms with van der Waals surface area (Å²) < 4.78 is 28.3. The molecular formula is C13H20N2O4S. The molecule has 0 aliphatic carbocycles. The van der Waals surface area contributed by atoms with Gasteiger partial charge in [-0.25, -0.2) is 13.2 Å². The van der Waals surface area contributed by atoms with Crippen LogP contribution in [0.1, 0.15) is 25.8 Å². The predicted octanol–water partition coefficient (Wildman–Crippen LogP) is 1.39. The highest BCUT2D eigenvalue weighted by Crippen LogP contribution is 2.25. The molecule has 0 aromatic carbocycles. The fourth-order valence-electron chi connectivity index (χ4n) is 2.06. The summed E-state index contributed by atoms with van der Waals surface area (Å²) in [5, 5.41) is 2.77. The van der Waals surface area contributed by atoms with Crippen LogP contribution in [0.25, 0.3) is 0 Å². The van der Waals surface area contributed by atoms with Crippen molar-refractivity contribution in [2.45, 2.75) is 31.6 Å². The SMILES string of the molecule is CC1(C)CCN(C(=O)NCc2ccoc2)CCS1(=O)=O. The fraction of sp³-hybridized carbons (Fsp3) is 0.615. The van der Waals surface area contributed by atoms with Gasteiger partial charge in [0.1, 0.15) is 0 Å². The van der Waals surface area contributed by atoms with Gasteiger partial charge in [0.05, 0.1) is 23.0 Å². The zero-order chi connectivity index (χ0) is 14.8. The number of furan rings is 1. The number of hydrogen-bond acceptors (Lipinski definition) is 4. The zero-order valence-corrected chi connectivity index (χ0v) is 12.6. The van der Waals surface area contributed by atoms with E-state index in [1.807, 2.05) is 0 Å². The Hall–Kier alpha value is -1.50. The molecular weight excluding hydrogens is 280 g/mol. The second-order valence-corrected chi connectivity index (χ2v) is 8.35. The molecule has 1 aromatic rings. The maximum Gasteiger partial charge on any atom is 0.317 e. The Bertz CT molecular complexity index is 563. The first-order valence-corrected chi connectivity index (χ1v) is 8.23. The lowest BCUT2D eigenvalue weighted by atomic mass is 10.1. The van der Waals surface area contributed by atoms with Crippen LogP contribution in [0.15, 0.2) is 23.0 Å². The molecule has 0 atom stereocenters. The summed E-state index contributed by atoms with van der Waals surface area (Å²) in [5.74, 6) is 0.0130. The van der Waals surface area contributed by atoms with Gasteiger partial charge in [-0.3, -0.25) is 0 Å². The van der Waals surface area contributed by atoms with E-state index in [1.54, 1.807) is 37.3 Å². The molecule has 0 unspecified atom stereocenters. The van der Waals surface area contributed by atoms with Crippen molar-refractivity contribution in [3.63, 3.8) is 0 Å². The minimum atomic E-state index is -3.16. The normalized spacial score (nSPS) is 21.2. The molecule has 0 spiro atoms. The lowest BCUT2D eigenvalue weighted by Gasteiger charge is -2.22. The summed E-state index contributed by atoms with van der Waals surface area (Å²) in [6.45, 7) is 4.50. The smallest absolute Gasteiger partial charge is 0.317 e. The van der Waals surface area contributed by atoms with E-state index in [9.17, 15) is 13.2 Å². The molecule has 2 heterocycles. The number of urea groups is 1. The van der Waals surface area contributed by atoms with Crippen molar-refractivity contribution in [2.75, 3.05) is 18.8 Å². The summed E-state index contributed by atoms with van der Waals surface area (Å²) in [4.78, 5) is 13.6. The van der Waals surface area contributed by atoms with E-state index in [-0.39, 0.29) is 18.3 Å². The van der Waals surface area contributed by atoms with E-state index in [0.29, 0.717) is 19.5 Å². The molecule has 20 heavy (non-hydrogen) atoms. The van der Waals surface area contributed by atoms with Crippen molar-refractivity contribution in [2.24, 2.45) is 0 Å². The van der Waals surface area contributed by atoms with E-state index in [0.717, 1.165) is 5.56 Å². The van der Waals surface area contributed by atoms with Gasteiger partial charge in [0.15, 0.2) is 9.84 Å². The highest BCUT2D eigenvalue weighted by atomic mass is 32.2. The van der Waals surface area contributed by atoms with Crippen LogP contribution in [-0.2, 0) is 16.4 Å². The molecule has 1 saturated heterocycles. The number of sulfone groups is 1. The van der Waals surface area contributed by atoms with Crippen molar-refractivity contribution in [1.82, 2.24) is 10.2 Å². The van der Waals surface area contributed by atoms with E-state index in [4.69, 9.17) is 4.42 Å². The van der Waals surface area contributed by atoms with Gasteiger partial charge in [-0.2, -0.15) is 0 Å². The monoisotopic (exact) mass is 300 g/mol. The van der Waals surface area contributed by atoms with Gasteiger partial charge in [-0.15, -0.1) is 0 Å². The van der Waals surface area contributed by atoms with Gasteiger partial charge >= 0.3 is 6.03 Å². The van der Waals surface area contributed by atoms with Gasteiger partial charge in [0.2, 0.25) is 0 Å². The van der Waals surface area contributed by atoms with Gasteiger partial charge in [-0.05, 0) is 26.3 Å². The molecule has 1 fully saturated rings. The number of rotatable bonds is 2. The van der Waals surface area contributed by atoms with Gasteiger partial charge in [0.25, 0.3) is 0 Å². The number of carbonyl (C=O) groups excluding carboxylic acids is 1. The summed E-state index contributed by atoms with van der Waals surface area (Å²) in [6, 6.07) is 1.54. The Kier molecular flexibility index (Phi) is 4.08. The Labute approximate surface area is 119 Å². The highest BCUT2D eigenvalue weighted by molar-refractivity contribution is 7.92. The molecule has 7 heteroatoms. The summed E-state index contributed by atoms with van der Waals surface area (Å²) in [7, 11) is -3.16. The third-order valence-corrected chi connectivity index (χ3v) is 6.37. The van der Waals surface area contributed by atoms with Crippen LogP contribution in [0, 0.1) is 0 Å². The lowest BCUT2D eigenvalue weighted by molar-refractivity contribution is 0.199. The number of nitrogens with one attached hydrogen (secondary N) is 1. The first-order valence-electron chi connectivity index (χ1n) is 6.58. The van der Waals surface area contributed by atoms with Gasteiger partial charge < -0.3 is 14.6 Å². The zero-order valence-electron chi connectivity index (χ0n) is 11.8. The van der Waals surface area contributed by atoms with E-state index < -0.39 is 14.6 Å². The third kappa shape index (κ3) is 3.15. The summed E-state index contributed by atoms with van der Waals surface area (Å²) in [6.07, 6.45) is 3.56. The molecule has 1 aliphatic heterocycles. The van der Waals surface area contributed by atoms with Crippen molar-refractivity contribution < 1.29 is 17.6 Å². The predicted molar refractivity (Wildman–Crippen MR) is 75.0 cm³/mol. The van der Waals surface area contributed by atoms with Crippen molar-refractivity contribution in [3.8, 4) is 0 Å². The van der Waals surface area contributed by atoms with Crippen LogP contribution < -0.4 is 5.32 Å². The lowest BCUT2D eigenvalue weighted by Crippen LogP contribution is -2.41. The minimum Gasteiger partial charge on any atom is -0.472 e. The second-order valence-electron chi connectivity index (χ2n) is 5.61. The summed E-state index contributed by atoms with van der Waals surface area (Å²) >= 11 is 0.